The number of carbonyl (C=O) groups is 1. The average molecular weight is 414 g/mol. The van der Waals surface area contributed by atoms with Crippen molar-refractivity contribution in [1.29, 1.82) is 0 Å². The lowest BCUT2D eigenvalue weighted by Crippen LogP contribution is -2.44. The summed E-state index contributed by atoms with van der Waals surface area (Å²) in [6.07, 6.45) is 4.63. The van der Waals surface area contributed by atoms with Crippen LogP contribution in [-0.2, 0) is 11.2 Å². The number of ether oxygens (including phenoxy) is 1. The normalized spacial score (nSPS) is 17.4. The first-order valence-electron chi connectivity index (χ1n) is 10.9. The van der Waals surface area contributed by atoms with Gasteiger partial charge in [0.1, 0.15) is 5.60 Å². The van der Waals surface area contributed by atoms with Crippen molar-refractivity contribution in [3.05, 3.63) is 36.0 Å². The number of aromatic nitrogens is 1. The summed E-state index contributed by atoms with van der Waals surface area (Å²) in [5, 5.41) is 7.66. The van der Waals surface area contributed by atoms with Gasteiger partial charge in [0.15, 0.2) is 5.96 Å². The van der Waals surface area contributed by atoms with Gasteiger partial charge in [-0.3, -0.25) is 4.99 Å². The van der Waals surface area contributed by atoms with Gasteiger partial charge in [-0.1, -0.05) is 18.2 Å². The summed E-state index contributed by atoms with van der Waals surface area (Å²) in [4.78, 5) is 22.4. The maximum atomic E-state index is 12.0. The molecule has 3 rings (SSSR count). The first kappa shape index (κ1) is 22.0. The molecule has 3 N–H and O–H groups in total. The Morgan fingerprint density at radius 1 is 1.33 bits per heavy atom. The topological polar surface area (TPSA) is 81.8 Å². The minimum atomic E-state index is -0.483. The van der Waals surface area contributed by atoms with Crippen LogP contribution in [-0.4, -0.2) is 59.8 Å². The van der Waals surface area contributed by atoms with E-state index in [1.165, 1.54) is 16.5 Å². The van der Waals surface area contributed by atoms with E-state index in [0.717, 1.165) is 51.4 Å². The van der Waals surface area contributed by atoms with Gasteiger partial charge in [-0.05, 0) is 58.6 Å². The Labute approximate surface area is 179 Å². The number of nitrogens with one attached hydrogen (secondary N) is 3. The fraction of sp³-hybridized carbons (Fsp3) is 0.565. The molecule has 1 saturated heterocycles. The third kappa shape index (κ3) is 6.15. The van der Waals surface area contributed by atoms with Crippen molar-refractivity contribution < 1.29 is 9.53 Å². The number of H-pyrrole nitrogens is 1. The number of hydrogen-bond donors (Lipinski definition) is 3. The number of amides is 1. The highest BCUT2D eigenvalue weighted by Crippen LogP contribution is 2.19. The van der Waals surface area contributed by atoms with Gasteiger partial charge < -0.3 is 25.3 Å². The molecule has 0 aliphatic carbocycles. The predicted octanol–water partition coefficient (Wildman–Crippen LogP) is 3.67. The minimum Gasteiger partial charge on any atom is -0.444 e. The molecule has 1 atom stereocenters. The summed E-state index contributed by atoms with van der Waals surface area (Å²) in [6.45, 7) is 10.9. The van der Waals surface area contributed by atoms with E-state index in [1.54, 1.807) is 0 Å². The maximum Gasteiger partial charge on any atom is 0.407 e. The average Bonchev–Trinajstić information content (AvgIpc) is 3.30. The number of benzene rings is 1. The summed E-state index contributed by atoms with van der Waals surface area (Å²) in [5.41, 5.74) is 2.04. The molecular formula is C23H35N5O2. The van der Waals surface area contributed by atoms with Crippen LogP contribution in [0.3, 0.4) is 0 Å². The minimum absolute atomic E-state index is 0.0786. The zero-order valence-corrected chi connectivity index (χ0v) is 18.6. The molecule has 1 aromatic heterocycles. The Hall–Kier alpha value is -2.70. The van der Waals surface area contributed by atoms with Crippen LogP contribution in [0.1, 0.15) is 46.1 Å². The third-order valence-corrected chi connectivity index (χ3v) is 5.08. The SMILES string of the molecule is CCNC(=NCCCc1c[nH]c2ccccc12)N1CCC(NC(=O)OC(C)(C)C)C1. The Morgan fingerprint density at radius 2 is 2.13 bits per heavy atom. The smallest absolute Gasteiger partial charge is 0.407 e. The van der Waals surface area contributed by atoms with Crippen LogP contribution in [0.25, 0.3) is 10.9 Å². The Balaban J connectivity index is 1.50. The number of nitrogens with zero attached hydrogens (tertiary/aromatic N) is 2. The van der Waals surface area contributed by atoms with Crippen molar-refractivity contribution in [1.82, 2.24) is 20.5 Å². The summed E-state index contributed by atoms with van der Waals surface area (Å²) in [5.74, 6) is 0.921. The molecule has 0 spiro atoms. The van der Waals surface area contributed by atoms with Gasteiger partial charge in [-0.2, -0.15) is 0 Å². The number of alkyl carbamates (subject to hydrolysis) is 1. The number of carbonyl (C=O) groups excluding carboxylic acids is 1. The monoisotopic (exact) mass is 413 g/mol. The number of likely N-dealkylation sites (tertiary alicyclic amines) is 1. The summed E-state index contributed by atoms with van der Waals surface area (Å²) in [7, 11) is 0. The second-order valence-electron chi connectivity index (χ2n) is 8.78. The molecule has 1 unspecified atom stereocenters. The first-order valence-corrected chi connectivity index (χ1v) is 10.9. The molecular weight excluding hydrogens is 378 g/mol. The molecule has 7 heteroatoms. The van der Waals surface area contributed by atoms with Crippen LogP contribution in [0.2, 0.25) is 0 Å². The highest BCUT2D eigenvalue weighted by molar-refractivity contribution is 5.83. The van der Waals surface area contributed by atoms with E-state index in [2.05, 4.69) is 57.9 Å². The summed E-state index contributed by atoms with van der Waals surface area (Å²) < 4.78 is 5.37. The molecule has 0 saturated carbocycles. The molecule has 2 heterocycles. The van der Waals surface area contributed by atoms with E-state index in [9.17, 15) is 4.79 Å². The van der Waals surface area contributed by atoms with Crippen LogP contribution < -0.4 is 10.6 Å². The van der Waals surface area contributed by atoms with Crippen molar-refractivity contribution in [3.63, 3.8) is 0 Å². The van der Waals surface area contributed by atoms with Crippen molar-refractivity contribution in [2.24, 2.45) is 4.99 Å². The van der Waals surface area contributed by atoms with Gasteiger partial charge in [0.2, 0.25) is 0 Å². The van der Waals surface area contributed by atoms with Gasteiger partial charge in [0.25, 0.3) is 0 Å². The zero-order chi connectivity index (χ0) is 21.6. The molecule has 1 fully saturated rings. The lowest BCUT2D eigenvalue weighted by atomic mass is 10.1. The third-order valence-electron chi connectivity index (χ3n) is 5.08. The van der Waals surface area contributed by atoms with Crippen molar-refractivity contribution in [3.8, 4) is 0 Å². The van der Waals surface area contributed by atoms with Gasteiger partial charge in [-0.25, -0.2) is 4.79 Å². The summed E-state index contributed by atoms with van der Waals surface area (Å²) in [6, 6.07) is 8.48. The van der Waals surface area contributed by atoms with E-state index in [4.69, 9.17) is 9.73 Å². The number of aromatic amines is 1. The molecule has 7 nitrogen and oxygen atoms in total. The van der Waals surface area contributed by atoms with Crippen LogP contribution in [0.15, 0.2) is 35.5 Å². The fourth-order valence-corrected chi connectivity index (χ4v) is 3.76. The Bertz CT molecular complexity index is 868. The molecule has 1 aliphatic heterocycles. The number of aliphatic imine (C=N–C) groups is 1. The standard InChI is InChI=1S/C23H35N5O2/c1-5-24-21(28-14-12-18(16-28)27-22(29)30-23(2,3)4)25-13-8-9-17-15-26-20-11-7-6-10-19(17)20/h6-7,10-11,15,18,26H,5,8-9,12-14,16H2,1-4H3,(H,24,25)(H,27,29). The highest BCUT2D eigenvalue weighted by Gasteiger charge is 2.27. The molecule has 30 heavy (non-hydrogen) atoms. The second-order valence-corrected chi connectivity index (χ2v) is 8.78. The van der Waals surface area contributed by atoms with E-state index in [0.29, 0.717) is 0 Å². The van der Waals surface area contributed by atoms with E-state index < -0.39 is 5.60 Å². The number of hydrogen-bond acceptors (Lipinski definition) is 3. The fourth-order valence-electron chi connectivity index (χ4n) is 3.76. The van der Waals surface area contributed by atoms with Crippen LogP contribution in [0, 0.1) is 0 Å². The molecule has 1 aliphatic rings. The van der Waals surface area contributed by atoms with E-state index in [-0.39, 0.29) is 12.1 Å². The number of rotatable bonds is 6. The molecule has 2 aromatic rings. The van der Waals surface area contributed by atoms with Crippen LogP contribution in [0.4, 0.5) is 4.79 Å². The molecule has 0 radical (unpaired) electrons. The number of fused-ring (bicyclic) bond motifs is 1. The van der Waals surface area contributed by atoms with Gasteiger partial charge in [0.05, 0.1) is 6.04 Å². The highest BCUT2D eigenvalue weighted by atomic mass is 16.6. The quantitative estimate of drug-likeness (QED) is 0.383. The lowest BCUT2D eigenvalue weighted by Gasteiger charge is -2.23. The number of aryl methyl sites for hydroxylation is 1. The van der Waals surface area contributed by atoms with Gasteiger partial charge in [-0.15, -0.1) is 0 Å². The van der Waals surface area contributed by atoms with Crippen molar-refractivity contribution >= 4 is 23.0 Å². The molecule has 164 valence electrons. The molecule has 1 amide bonds. The molecule has 0 bridgehead atoms. The van der Waals surface area contributed by atoms with Crippen LogP contribution >= 0.6 is 0 Å². The number of para-hydroxylation sites is 1. The summed E-state index contributed by atoms with van der Waals surface area (Å²) >= 11 is 0. The second kappa shape index (κ2) is 9.87. The van der Waals surface area contributed by atoms with Crippen LogP contribution in [0.5, 0.6) is 0 Å². The Kier molecular flexibility index (Phi) is 7.24. The Morgan fingerprint density at radius 3 is 2.90 bits per heavy atom. The van der Waals surface area contributed by atoms with Crippen molar-refractivity contribution in [2.75, 3.05) is 26.2 Å². The predicted molar refractivity (Wildman–Crippen MR) is 122 cm³/mol. The van der Waals surface area contributed by atoms with Crippen molar-refractivity contribution in [2.45, 2.75) is 58.6 Å². The van der Waals surface area contributed by atoms with E-state index >= 15 is 0 Å². The number of guanidine groups is 1. The van der Waals surface area contributed by atoms with Gasteiger partial charge >= 0.3 is 6.09 Å². The first-order chi connectivity index (χ1) is 14.4. The molecule has 1 aromatic carbocycles. The zero-order valence-electron chi connectivity index (χ0n) is 18.6. The largest absolute Gasteiger partial charge is 0.444 e. The van der Waals surface area contributed by atoms with E-state index in [1.807, 2.05) is 20.8 Å². The lowest BCUT2D eigenvalue weighted by molar-refractivity contribution is 0.0507. The maximum absolute atomic E-state index is 12.0. The van der Waals surface area contributed by atoms with Gasteiger partial charge in [0, 0.05) is 43.3 Å².